The highest BCUT2D eigenvalue weighted by Gasteiger charge is 2.41. The average molecular weight is 399 g/mol. The lowest BCUT2D eigenvalue weighted by Gasteiger charge is -2.34. The topological polar surface area (TPSA) is 80.8 Å². The fraction of sp³-hybridized carbons (Fsp3) is 0.238. The largest absolute Gasteiger partial charge is 0.423 e. The average Bonchev–Trinajstić information content (AvgIpc) is 2.64. The molecule has 0 radical (unpaired) electrons. The van der Waals surface area contributed by atoms with Crippen LogP contribution in [0, 0.1) is 0 Å². The molecular weight excluding hydrogens is 378 g/mol. The Hall–Kier alpha value is -2.93. The molecule has 6 nitrogen and oxygen atoms in total. The quantitative estimate of drug-likeness (QED) is 0.722. The van der Waals surface area contributed by atoms with E-state index in [1.54, 1.807) is 44.2 Å². The number of esters is 1. The Balaban J connectivity index is 2.12. The molecule has 0 aliphatic carbocycles. The first-order valence-electron chi connectivity index (χ1n) is 8.87. The first-order chi connectivity index (χ1) is 13.2. The molecule has 146 valence electrons. The van der Waals surface area contributed by atoms with E-state index in [9.17, 15) is 18.0 Å². The number of ether oxygens (including phenoxy) is 1. The van der Waals surface area contributed by atoms with Gasteiger partial charge in [-0.3, -0.25) is 13.9 Å². The Morgan fingerprint density at radius 1 is 1.00 bits per heavy atom. The Labute approximate surface area is 164 Å². The van der Waals surface area contributed by atoms with Gasteiger partial charge in [0.1, 0.15) is 5.70 Å². The van der Waals surface area contributed by atoms with Crippen molar-refractivity contribution in [2.75, 3.05) is 0 Å². The van der Waals surface area contributed by atoms with E-state index in [2.05, 4.69) is 0 Å². The molecule has 0 fully saturated rings. The molecule has 0 saturated carbocycles. The zero-order chi connectivity index (χ0) is 20.5. The molecule has 1 aliphatic rings. The number of allylic oxidation sites excluding steroid dienone is 1. The molecule has 0 N–H and O–H groups in total. The lowest BCUT2D eigenvalue weighted by Crippen LogP contribution is -2.42. The Morgan fingerprint density at radius 2 is 1.61 bits per heavy atom. The van der Waals surface area contributed by atoms with E-state index in [0.717, 1.165) is 9.87 Å². The predicted molar refractivity (Wildman–Crippen MR) is 104 cm³/mol. The number of benzene rings is 2. The van der Waals surface area contributed by atoms with Crippen LogP contribution in [0.3, 0.4) is 0 Å². The Morgan fingerprint density at radius 3 is 2.21 bits per heavy atom. The van der Waals surface area contributed by atoms with Gasteiger partial charge in [0.05, 0.1) is 11.3 Å². The van der Waals surface area contributed by atoms with Crippen LogP contribution in [0.15, 0.2) is 65.2 Å². The molecule has 1 aliphatic heterocycles. The molecule has 0 saturated heterocycles. The van der Waals surface area contributed by atoms with E-state index in [-0.39, 0.29) is 28.3 Å². The summed E-state index contributed by atoms with van der Waals surface area (Å²) in [6.07, 6.45) is 0.00607. The van der Waals surface area contributed by atoms with E-state index in [4.69, 9.17) is 4.74 Å². The normalized spacial score (nSPS) is 15.4. The summed E-state index contributed by atoms with van der Waals surface area (Å²) in [5.41, 5.74) is 0.844. The van der Waals surface area contributed by atoms with Gasteiger partial charge < -0.3 is 4.74 Å². The van der Waals surface area contributed by atoms with E-state index >= 15 is 0 Å². The lowest BCUT2D eigenvalue weighted by molar-refractivity contribution is -0.136. The lowest BCUT2D eigenvalue weighted by atomic mass is 10.1. The van der Waals surface area contributed by atoms with Gasteiger partial charge in [-0.15, -0.1) is 0 Å². The van der Waals surface area contributed by atoms with E-state index < -0.39 is 27.8 Å². The number of fused-ring (bicyclic) bond motifs is 1. The van der Waals surface area contributed by atoms with Crippen LogP contribution in [0.4, 0.5) is 0 Å². The highest BCUT2D eigenvalue weighted by atomic mass is 32.2. The Bertz CT molecular complexity index is 1060. The van der Waals surface area contributed by atoms with Crippen molar-refractivity contribution in [1.29, 1.82) is 0 Å². The standard InChI is InChI=1S/C21H21NO5S/c1-14(2)22-20(15(3)23)21(17-11-7-8-12-18(17)28(22,25)26)27-19(24)13-16-9-5-4-6-10-16/h4-12,14H,13H2,1-3H3. The third-order valence-corrected chi connectivity index (χ3v) is 6.35. The maximum Gasteiger partial charge on any atom is 0.315 e. The minimum absolute atomic E-state index is 0.00607. The summed E-state index contributed by atoms with van der Waals surface area (Å²) in [5, 5.41) is 0. The number of carbonyl (C=O) groups excluding carboxylic acids is 2. The van der Waals surface area contributed by atoms with Crippen LogP contribution in [0.2, 0.25) is 0 Å². The molecule has 2 aromatic carbocycles. The van der Waals surface area contributed by atoms with Crippen molar-refractivity contribution in [1.82, 2.24) is 4.31 Å². The fourth-order valence-corrected chi connectivity index (χ4v) is 5.11. The van der Waals surface area contributed by atoms with Crippen molar-refractivity contribution < 1.29 is 22.7 Å². The van der Waals surface area contributed by atoms with Crippen LogP contribution in [-0.4, -0.2) is 30.5 Å². The summed E-state index contributed by atoms with van der Waals surface area (Å²) < 4.78 is 32.8. The van der Waals surface area contributed by atoms with Gasteiger partial charge in [-0.2, -0.15) is 0 Å². The molecular formula is C21H21NO5S. The van der Waals surface area contributed by atoms with E-state index in [0.29, 0.717) is 0 Å². The summed E-state index contributed by atoms with van der Waals surface area (Å²) in [4.78, 5) is 25.0. The molecule has 0 aromatic heterocycles. The van der Waals surface area contributed by atoms with Gasteiger partial charge in [-0.1, -0.05) is 42.5 Å². The van der Waals surface area contributed by atoms with E-state index in [1.165, 1.54) is 13.0 Å². The molecule has 7 heteroatoms. The second-order valence-electron chi connectivity index (χ2n) is 6.76. The van der Waals surface area contributed by atoms with Crippen LogP contribution < -0.4 is 0 Å². The summed E-state index contributed by atoms with van der Waals surface area (Å²) in [5.74, 6) is -1.08. The zero-order valence-corrected chi connectivity index (χ0v) is 16.7. The van der Waals surface area contributed by atoms with Crippen LogP contribution in [0.1, 0.15) is 31.9 Å². The van der Waals surface area contributed by atoms with Gasteiger partial charge >= 0.3 is 5.97 Å². The number of rotatable bonds is 5. The van der Waals surface area contributed by atoms with E-state index in [1.807, 2.05) is 18.2 Å². The van der Waals surface area contributed by atoms with Crippen molar-refractivity contribution in [3.8, 4) is 0 Å². The number of Topliss-reactive ketones (excluding diaryl/α,β-unsaturated/α-hetero) is 1. The number of sulfonamides is 1. The zero-order valence-electron chi connectivity index (χ0n) is 15.9. The van der Waals surface area contributed by atoms with Gasteiger partial charge in [0.15, 0.2) is 11.5 Å². The number of carbonyl (C=O) groups is 2. The molecule has 28 heavy (non-hydrogen) atoms. The van der Waals surface area contributed by atoms with Crippen LogP contribution in [0.5, 0.6) is 0 Å². The summed E-state index contributed by atoms with van der Waals surface area (Å²) in [7, 11) is -3.94. The molecule has 0 unspecified atom stereocenters. The second-order valence-corrected chi connectivity index (χ2v) is 8.54. The third kappa shape index (κ3) is 3.57. The molecule has 2 aromatic rings. The van der Waals surface area contributed by atoms with Crippen molar-refractivity contribution in [3.05, 3.63) is 71.4 Å². The summed E-state index contributed by atoms with van der Waals surface area (Å²) in [6, 6.07) is 14.7. The van der Waals surface area contributed by atoms with Crippen LogP contribution in [-0.2, 0) is 30.8 Å². The Kier molecular flexibility index (Phi) is 5.38. The smallest absolute Gasteiger partial charge is 0.315 e. The molecule has 0 bridgehead atoms. The number of ketones is 1. The summed E-state index contributed by atoms with van der Waals surface area (Å²) >= 11 is 0. The predicted octanol–water partition coefficient (Wildman–Crippen LogP) is 3.14. The molecule has 0 atom stereocenters. The molecule has 1 heterocycles. The first-order valence-corrected chi connectivity index (χ1v) is 10.3. The van der Waals surface area contributed by atoms with Crippen LogP contribution >= 0.6 is 0 Å². The van der Waals surface area contributed by atoms with Gasteiger partial charge in [0.2, 0.25) is 0 Å². The monoisotopic (exact) mass is 399 g/mol. The van der Waals surface area contributed by atoms with Crippen molar-refractivity contribution in [2.45, 2.75) is 38.1 Å². The van der Waals surface area contributed by atoms with Crippen molar-refractivity contribution >= 4 is 27.5 Å². The van der Waals surface area contributed by atoms with Gasteiger partial charge in [0.25, 0.3) is 10.0 Å². The van der Waals surface area contributed by atoms with Gasteiger partial charge in [-0.05, 0) is 31.5 Å². The maximum absolute atomic E-state index is 13.1. The molecule has 0 amide bonds. The molecule has 0 spiro atoms. The summed E-state index contributed by atoms with van der Waals surface area (Å²) in [6.45, 7) is 4.59. The first kappa shape index (κ1) is 19.8. The third-order valence-electron chi connectivity index (χ3n) is 4.31. The minimum atomic E-state index is -3.94. The number of hydrogen-bond donors (Lipinski definition) is 0. The van der Waals surface area contributed by atoms with Crippen molar-refractivity contribution in [2.24, 2.45) is 0 Å². The maximum atomic E-state index is 13.1. The number of hydrogen-bond acceptors (Lipinski definition) is 5. The number of nitrogens with zero attached hydrogens (tertiary/aromatic N) is 1. The van der Waals surface area contributed by atoms with Gasteiger partial charge in [-0.25, -0.2) is 8.42 Å². The molecule has 3 rings (SSSR count). The minimum Gasteiger partial charge on any atom is -0.423 e. The van der Waals surface area contributed by atoms with Gasteiger partial charge in [0, 0.05) is 18.5 Å². The second kappa shape index (κ2) is 7.59. The highest BCUT2D eigenvalue weighted by molar-refractivity contribution is 7.89. The fourth-order valence-electron chi connectivity index (χ4n) is 3.20. The SMILES string of the molecule is CC(=O)C1=C(OC(=O)Cc2ccccc2)c2ccccc2S(=O)(=O)N1C(C)C. The van der Waals surface area contributed by atoms with Crippen molar-refractivity contribution in [3.63, 3.8) is 0 Å². The highest BCUT2D eigenvalue weighted by Crippen LogP contribution is 2.39. The van der Waals surface area contributed by atoms with Crippen LogP contribution in [0.25, 0.3) is 5.76 Å².